The van der Waals surface area contributed by atoms with E-state index >= 15 is 0 Å². The van der Waals surface area contributed by atoms with Crippen molar-refractivity contribution in [3.05, 3.63) is 51.4 Å². The number of hydrogen-bond donors (Lipinski definition) is 2. The van der Waals surface area contributed by atoms with Crippen LogP contribution < -0.4 is 14.8 Å². The van der Waals surface area contributed by atoms with Gasteiger partial charge >= 0.3 is 0 Å². The Hall–Kier alpha value is -0.890. The van der Waals surface area contributed by atoms with Gasteiger partial charge in [-0.05, 0) is 62.5 Å². The van der Waals surface area contributed by atoms with Crippen LogP contribution in [0.1, 0.15) is 26.2 Å². The predicted molar refractivity (Wildman–Crippen MR) is 116 cm³/mol. The Bertz CT molecular complexity index is 729. The van der Waals surface area contributed by atoms with Crippen molar-refractivity contribution >= 4 is 48.5 Å². The number of para-hydroxylation sites is 1. The SMILES string of the molecule is CCCCC(CNc1ccccc1)NS(=O)c1cc(OC)c(Br)cc1Br. The van der Waals surface area contributed by atoms with E-state index in [1.165, 1.54) is 0 Å². The summed E-state index contributed by atoms with van der Waals surface area (Å²) in [6.45, 7) is 2.87. The highest BCUT2D eigenvalue weighted by Crippen LogP contribution is 2.33. The number of unbranched alkanes of at least 4 members (excludes halogenated alkanes) is 1. The molecule has 0 heterocycles. The first kappa shape index (κ1) is 21.4. The van der Waals surface area contributed by atoms with Gasteiger partial charge in [0.2, 0.25) is 0 Å². The van der Waals surface area contributed by atoms with Crippen LogP contribution >= 0.6 is 31.9 Å². The maximum atomic E-state index is 12.9. The van der Waals surface area contributed by atoms with Crippen LogP contribution in [0, 0.1) is 0 Å². The molecular formula is C19H24Br2N2O2S. The standard InChI is InChI=1S/C19H24Br2N2O2S/c1-3-4-8-15(13-22-14-9-6-5-7-10-14)23-26(24)19-12-18(25-2)16(20)11-17(19)21/h5-7,9-12,15,22-23H,3-4,8,13H2,1-2H3. The summed E-state index contributed by atoms with van der Waals surface area (Å²) in [6.07, 6.45) is 3.13. The molecule has 7 heteroatoms. The second kappa shape index (κ2) is 11.1. The number of rotatable bonds is 10. The molecule has 0 radical (unpaired) electrons. The first-order chi connectivity index (χ1) is 12.5. The summed E-state index contributed by atoms with van der Waals surface area (Å²) in [5.74, 6) is 0.658. The number of methoxy groups -OCH3 is 1. The maximum absolute atomic E-state index is 12.9. The van der Waals surface area contributed by atoms with E-state index in [1.54, 1.807) is 13.2 Å². The third-order valence-corrected chi connectivity index (χ3v) is 6.74. The van der Waals surface area contributed by atoms with Gasteiger partial charge in [0.15, 0.2) is 0 Å². The van der Waals surface area contributed by atoms with Crippen molar-refractivity contribution < 1.29 is 8.95 Å². The molecule has 0 bridgehead atoms. The first-order valence-electron chi connectivity index (χ1n) is 8.55. The molecule has 0 aliphatic heterocycles. The molecule has 0 saturated heterocycles. The Morgan fingerprint density at radius 1 is 1.15 bits per heavy atom. The van der Waals surface area contributed by atoms with Crippen LogP contribution in [0.25, 0.3) is 0 Å². The van der Waals surface area contributed by atoms with E-state index in [2.05, 4.69) is 48.8 Å². The van der Waals surface area contributed by atoms with Crippen LogP contribution in [0.4, 0.5) is 5.69 Å². The number of hydrogen-bond acceptors (Lipinski definition) is 3. The zero-order valence-corrected chi connectivity index (χ0v) is 18.9. The van der Waals surface area contributed by atoms with Crippen LogP contribution in [-0.2, 0) is 11.0 Å². The van der Waals surface area contributed by atoms with Gasteiger partial charge in [0.25, 0.3) is 0 Å². The van der Waals surface area contributed by atoms with Crippen LogP contribution in [0.5, 0.6) is 5.75 Å². The minimum absolute atomic E-state index is 0.0949. The van der Waals surface area contributed by atoms with Crippen molar-refractivity contribution in [1.82, 2.24) is 4.72 Å². The number of nitrogens with one attached hydrogen (secondary N) is 2. The van der Waals surface area contributed by atoms with Crippen molar-refractivity contribution in [1.29, 1.82) is 0 Å². The summed E-state index contributed by atoms with van der Waals surface area (Å²) in [6, 6.07) is 13.8. The molecule has 2 atom stereocenters. The van der Waals surface area contributed by atoms with Gasteiger partial charge in [-0.1, -0.05) is 38.0 Å². The minimum Gasteiger partial charge on any atom is -0.496 e. The van der Waals surface area contributed by atoms with Crippen molar-refractivity contribution in [3.8, 4) is 5.75 Å². The van der Waals surface area contributed by atoms with Crippen LogP contribution in [0.3, 0.4) is 0 Å². The molecule has 0 fully saturated rings. The molecular weight excluding hydrogens is 480 g/mol. The minimum atomic E-state index is -1.34. The largest absolute Gasteiger partial charge is 0.496 e. The van der Waals surface area contributed by atoms with Crippen molar-refractivity contribution in [2.45, 2.75) is 37.1 Å². The van der Waals surface area contributed by atoms with Gasteiger partial charge in [-0.2, -0.15) is 0 Å². The third-order valence-electron chi connectivity index (χ3n) is 3.91. The summed E-state index contributed by atoms with van der Waals surface area (Å²) < 4.78 is 23.1. The number of benzene rings is 2. The van der Waals surface area contributed by atoms with E-state index in [9.17, 15) is 4.21 Å². The van der Waals surface area contributed by atoms with Crippen LogP contribution in [-0.4, -0.2) is 23.9 Å². The molecule has 2 aromatic rings. The fourth-order valence-corrected chi connectivity index (χ4v) is 5.15. The van der Waals surface area contributed by atoms with Crippen LogP contribution in [0.15, 0.2) is 56.3 Å². The van der Waals surface area contributed by atoms with E-state index in [4.69, 9.17) is 4.74 Å². The van der Waals surface area contributed by atoms with E-state index in [0.717, 1.165) is 33.9 Å². The highest BCUT2D eigenvalue weighted by Gasteiger charge is 2.17. The average molecular weight is 504 g/mol. The number of ether oxygens (including phenoxy) is 1. The van der Waals surface area contributed by atoms with E-state index in [0.29, 0.717) is 17.2 Å². The van der Waals surface area contributed by atoms with E-state index < -0.39 is 11.0 Å². The van der Waals surface area contributed by atoms with Gasteiger partial charge in [0.1, 0.15) is 16.7 Å². The summed E-state index contributed by atoms with van der Waals surface area (Å²) >= 11 is 6.94. The Morgan fingerprint density at radius 2 is 1.88 bits per heavy atom. The van der Waals surface area contributed by atoms with Gasteiger partial charge in [-0.3, -0.25) is 0 Å². The topological polar surface area (TPSA) is 50.4 Å². The second-order valence-electron chi connectivity index (χ2n) is 5.89. The summed E-state index contributed by atoms with van der Waals surface area (Å²) in [5.41, 5.74) is 1.06. The molecule has 142 valence electrons. The normalized spacial score (nSPS) is 13.2. The smallest absolute Gasteiger partial charge is 0.134 e. The lowest BCUT2D eigenvalue weighted by atomic mass is 10.1. The lowest BCUT2D eigenvalue weighted by molar-refractivity contribution is 0.410. The van der Waals surface area contributed by atoms with Gasteiger partial charge in [-0.15, -0.1) is 0 Å². The Kier molecular flexibility index (Phi) is 9.11. The van der Waals surface area contributed by atoms with Gasteiger partial charge < -0.3 is 10.1 Å². The van der Waals surface area contributed by atoms with Gasteiger partial charge in [0.05, 0.1) is 16.5 Å². The Labute approximate surface area is 175 Å². The number of halogens is 2. The Morgan fingerprint density at radius 3 is 2.54 bits per heavy atom. The molecule has 2 aromatic carbocycles. The first-order valence-corrected chi connectivity index (χ1v) is 11.3. The monoisotopic (exact) mass is 502 g/mol. The molecule has 2 rings (SSSR count). The molecule has 0 saturated carbocycles. The van der Waals surface area contributed by atoms with Crippen molar-refractivity contribution in [2.75, 3.05) is 19.0 Å². The molecule has 0 aliphatic carbocycles. The quantitative estimate of drug-likeness (QED) is 0.449. The molecule has 0 amide bonds. The fourth-order valence-electron chi connectivity index (χ4n) is 2.47. The van der Waals surface area contributed by atoms with Crippen LogP contribution in [0.2, 0.25) is 0 Å². The van der Waals surface area contributed by atoms with E-state index in [-0.39, 0.29) is 6.04 Å². The highest BCUT2D eigenvalue weighted by atomic mass is 79.9. The maximum Gasteiger partial charge on any atom is 0.134 e. The third kappa shape index (κ3) is 6.37. The molecule has 0 spiro atoms. The van der Waals surface area contributed by atoms with Gasteiger partial charge in [-0.25, -0.2) is 8.93 Å². The molecule has 0 aliphatic rings. The lowest BCUT2D eigenvalue weighted by Crippen LogP contribution is -2.36. The summed E-state index contributed by atoms with van der Waals surface area (Å²) in [5, 5.41) is 3.42. The zero-order valence-electron chi connectivity index (χ0n) is 14.9. The molecule has 4 nitrogen and oxygen atoms in total. The highest BCUT2D eigenvalue weighted by molar-refractivity contribution is 9.11. The van der Waals surface area contributed by atoms with Gasteiger partial charge in [0, 0.05) is 22.7 Å². The average Bonchev–Trinajstić information content (AvgIpc) is 2.64. The van der Waals surface area contributed by atoms with E-state index in [1.807, 2.05) is 36.4 Å². The lowest BCUT2D eigenvalue weighted by Gasteiger charge is -2.20. The molecule has 2 N–H and O–H groups in total. The molecule has 26 heavy (non-hydrogen) atoms. The number of anilines is 1. The summed E-state index contributed by atoms with van der Waals surface area (Å²) in [7, 11) is 0.255. The van der Waals surface area contributed by atoms with Crippen molar-refractivity contribution in [3.63, 3.8) is 0 Å². The Balaban J connectivity index is 2.08. The molecule has 2 unspecified atom stereocenters. The predicted octanol–water partition coefficient (Wildman–Crippen LogP) is 5.50. The van der Waals surface area contributed by atoms with Crippen molar-refractivity contribution in [2.24, 2.45) is 0 Å². The zero-order chi connectivity index (χ0) is 18.9. The summed E-state index contributed by atoms with van der Waals surface area (Å²) in [4.78, 5) is 0.672. The fraction of sp³-hybridized carbons (Fsp3) is 0.368. The second-order valence-corrected chi connectivity index (χ2v) is 8.81. The molecule has 0 aromatic heterocycles.